The molecule has 3 aromatic heterocycles. The van der Waals surface area contributed by atoms with Crippen LogP contribution in [0.1, 0.15) is 0 Å². The van der Waals surface area contributed by atoms with Gasteiger partial charge in [-0.25, -0.2) is 0 Å². The summed E-state index contributed by atoms with van der Waals surface area (Å²) in [6.45, 7) is 0. The second-order valence-electron chi connectivity index (χ2n) is 8.65. The molecule has 7 aromatic rings. The van der Waals surface area contributed by atoms with Crippen molar-refractivity contribution < 1.29 is 30.4 Å². The van der Waals surface area contributed by atoms with Gasteiger partial charge in [0.1, 0.15) is 5.82 Å². The molecule has 0 spiro atoms. The fourth-order valence-corrected chi connectivity index (χ4v) is 4.59. The molecule has 190 valence electrons. The van der Waals surface area contributed by atoms with Crippen molar-refractivity contribution in [2.24, 2.45) is 14.1 Å². The predicted octanol–water partition coefficient (Wildman–Crippen LogP) is 6.37. The van der Waals surface area contributed by atoms with Crippen LogP contribution in [0.25, 0.3) is 38.7 Å². The first kappa shape index (κ1) is 25.4. The van der Waals surface area contributed by atoms with Crippen molar-refractivity contribution in [1.82, 2.24) is 14.1 Å². The fourth-order valence-electron chi connectivity index (χ4n) is 4.59. The van der Waals surface area contributed by atoms with E-state index >= 15 is 0 Å². The maximum atomic E-state index is 5.85. The van der Waals surface area contributed by atoms with Crippen molar-refractivity contribution in [3.8, 4) is 17.4 Å². The number of rotatable bonds is 3. The average Bonchev–Trinajstić information content (AvgIpc) is 3.43. The third-order valence-electron chi connectivity index (χ3n) is 6.23. The van der Waals surface area contributed by atoms with Gasteiger partial charge in [-0.2, -0.15) is 47.4 Å². The third kappa shape index (κ3) is 4.85. The van der Waals surface area contributed by atoms with E-state index in [1.165, 1.54) is 16.4 Å². The molecule has 7 rings (SSSR count). The molecule has 5 nitrogen and oxygen atoms in total. The molecule has 0 aliphatic heterocycles. The number of benzene rings is 4. The van der Waals surface area contributed by atoms with E-state index in [-0.39, 0.29) is 21.1 Å². The van der Waals surface area contributed by atoms with Gasteiger partial charge in [-0.3, -0.25) is 0 Å². The molecular weight excluding hydrogens is 651 g/mol. The van der Waals surface area contributed by atoms with Crippen LogP contribution in [0.4, 0.5) is 0 Å². The number of hydrogen-bond donors (Lipinski definition) is 0. The molecule has 0 saturated carbocycles. The molecule has 0 amide bonds. The Morgan fingerprint density at radius 1 is 0.737 bits per heavy atom. The summed E-state index contributed by atoms with van der Waals surface area (Å²) < 4.78 is 12.0. The Balaban J connectivity index is 0.000000206. The molecule has 0 atom stereocenters. The summed E-state index contributed by atoms with van der Waals surface area (Å²) in [5.74, 6) is 1.98. The smallest absolute Gasteiger partial charge is 0.218 e. The second-order valence-corrected chi connectivity index (χ2v) is 8.65. The molecule has 3 heterocycles. The predicted molar refractivity (Wildman–Crippen MR) is 146 cm³/mol. The summed E-state index contributed by atoms with van der Waals surface area (Å²) in [5.41, 5.74) is 4.54. The van der Waals surface area contributed by atoms with Crippen LogP contribution in [-0.2, 0) is 35.2 Å². The van der Waals surface area contributed by atoms with Gasteiger partial charge in [-0.1, -0.05) is 54.0 Å². The van der Waals surface area contributed by atoms with Gasteiger partial charge in [0.15, 0.2) is 0 Å². The number of ether oxygens (including phenoxy) is 1. The Labute approximate surface area is 235 Å². The van der Waals surface area contributed by atoms with Crippen molar-refractivity contribution in [3.63, 3.8) is 0 Å². The van der Waals surface area contributed by atoms with Crippen LogP contribution in [0.3, 0.4) is 0 Å². The maximum absolute atomic E-state index is 5.85. The van der Waals surface area contributed by atoms with Crippen molar-refractivity contribution in [2.75, 3.05) is 0 Å². The van der Waals surface area contributed by atoms with Gasteiger partial charge in [-0.05, 0) is 17.5 Å². The molecule has 0 radical (unpaired) electrons. The first-order valence-corrected chi connectivity index (χ1v) is 12.0. The van der Waals surface area contributed by atoms with Gasteiger partial charge >= 0.3 is 0 Å². The largest absolute Gasteiger partial charge is 0.466 e. The molecule has 0 unspecified atom stereocenters. The van der Waals surface area contributed by atoms with Crippen LogP contribution in [0, 0.1) is 18.5 Å². The fraction of sp³-hybridized carbons (Fsp3) is 0.0625. The molecule has 0 aliphatic rings. The van der Waals surface area contributed by atoms with Gasteiger partial charge in [0.25, 0.3) is 0 Å². The van der Waals surface area contributed by atoms with E-state index in [9.17, 15) is 0 Å². The second kappa shape index (κ2) is 11.0. The molecule has 0 saturated heterocycles. The van der Waals surface area contributed by atoms with E-state index < -0.39 is 0 Å². The molecule has 0 aliphatic carbocycles. The minimum Gasteiger partial charge on any atom is -0.466 e. The molecule has 0 bridgehead atoms. The maximum Gasteiger partial charge on any atom is 0.218 e. The first-order valence-electron chi connectivity index (χ1n) is 12.0. The van der Waals surface area contributed by atoms with Crippen molar-refractivity contribution in [2.45, 2.75) is 0 Å². The van der Waals surface area contributed by atoms with E-state index in [2.05, 4.69) is 59.4 Å². The summed E-state index contributed by atoms with van der Waals surface area (Å²) in [4.78, 5) is 4.71. The first-order chi connectivity index (χ1) is 18.2. The van der Waals surface area contributed by atoms with E-state index in [1.807, 2.05) is 96.0 Å². The number of pyridine rings is 1. The van der Waals surface area contributed by atoms with Crippen molar-refractivity contribution in [1.29, 1.82) is 0 Å². The zero-order valence-corrected chi connectivity index (χ0v) is 23.2. The number of fused-ring (bicyclic) bond motifs is 4. The molecule has 4 aromatic carbocycles. The van der Waals surface area contributed by atoms with Crippen LogP contribution in [0.5, 0.6) is 11.6 Å². The van der Waals surface area contributed by atoms with Crippen LogP contribution in [-0.4, -0.2) is 14.1 Å². The normalized spacial score (nSPS) is 10.7. The van der Waals surface area contributed by atoms with Crippen molar-refractivity contribution >= 4 is 32.8 Å². The van der Waals surface area contributed by atoms with Crippen LogP contribution in [0.15, 0.2) is 109 Å². The van der Waals surface area contributed by atoms with Crippen LogP contribution in [0.2, 0.25) is 0 Å². The Bertz CT molecular complexity index is 1750. The minimum absolute atomic E-state index is 0. The summed E-state index contributed by atoms with van der Waals surface area (Å²) in [6, 6.07) is 42.3. The van der Waals surface area contributed by atoms with Gasteiger partial charge in [-0.15, -0.1) is 17.5 Å². The van der Waals surface area contributed by atoms with E-state index in [0.29, 0.717) is 11.6 Å². The average molecular weight is 676 g/mol. The van der Waals surface area contributed by atoms with Gasteiger partial charge in [0.2, 0.25) is 12.2 Å². The Morgan fingerprint density at radius 3 is 2.29 bits per heavy atom. The van der Waals surface area contributed by atoms with Gasteiger partial charge in [0, 0.05) is 49.4 Å². The summed E-state index contributed by atoms with van der Waals surface area (Å²) in [5, 5.41) is 2.34. The standard InChI is InChI=1S/C23H14N2O.C9H10N2.Pt/c1-2-9-17(10-3-1)26-23-16-8-15-22(24-23)25-20-13-6-4-11-18(20)19-12-5-7-14-21(19)25;1-10-7-11(2)9-6-4-3-5-8(9)10;/h1-9,11-13,15-16H;3-6H,1-2H3;/q-2;;. The zero-order chi connectivity index (χ0) is 25.2. The minimum atomic E-state index is 0. The SMILES string of the molecule is Cn1[c-][n+](C)c2ccccc21.[Pt].[c-]1ccccc1Oc1cccc(-n2c3[c-]cccc3c3ccccc32)n1. The summed E-state index contributed by atoms with van der Waals surface area (Å²) in [6.07, 6.45) is 3.15. The number of nitrogens with zero attached hydrogens (tertiary/aromatic N) is 4. The molecular formula is C32H24N4OPt-2. The van der Waals surface area contributed by atoms with Crippen molar-refractivity contribution in [3.05, 3.63) is 128 Å². The van der Waals surface area contributed by atoms with Crippen LogP contribution >= 0.6 is 0 Å². The summed E-state index contributed by atoms with van der Waals surface area (Å²) >= 11 is 0. The number of aromatic nitrogens is 4. The van der Waals surface area contributed by atoms with Gasteiger partial charge < -0.3 is 18.4 Å². The number of hydrogen-bond acceptors (Lipinski definition) is 2. The zero-order valence-electron chi connectivity index (χ0n) is 20.9. The van der Waals surface area contributed by atoms with E-state index in [1.54, 1.807) is 0 Å². The third-order valence-corrected chi connectivity index (χ3v) is 6.23. The van der Waals surface area contributed by atoms with Crippen LogP contribution < -0.4 is 9.30 Å². The molecule has 6 heteroatoms. The number of imidazole rings is 1. The monoisotopic (exact) mass is 675 g/mol. The Kier molecular flexibility index (Phi) is 7.39. The van der Waals surface area contributed by atoms with E-state index in [0.717, 1.165) is 22.2 Å². The van der Waals surface area contributed by atoms with Gasteiger partial charge in [0.05, 0.1) is 14.1 Å². The number of aryl methyl sites for hydroxylation is 2. The Morgan fingerprint density at radius 2 is 1.47 bits per heavy atom. The molecule has 38 heavy (non-hydrogen) atoms. The summed E-state index contributed by atoms with van der Waals surface area (Å²) in [7, 11) is 4.00. The molecule has 0 fully saturated rings. The van der Waals surface area contributed by atoms with E-state index in [4.69, 9.17) is 9.72 Å². The quantitative estimate of drug-likeness (QED) is 0.161. The number of para-hydroxylation sites is 5. The topological polar surface area (TPSA) is 35.9 Å². The Hall–Kier alpha value is -4.21. The molecule has 0 N–H and O–H groups in total.